The third-order valence-corrected chi connectivity index (χ3v) is 3.99. The molecule has 3 nitrogen and oxygen atoms in total. The maximum absolute atomic E-state index is 6.23. The van der Waals surface area contributed by atoms with Crippen LogP contribution in [0.3, 0.4) is 0 Å². The number of rotatable bonds is 5. The Morgan fingerprint density at radius 2 is 2.32 bits per heavy atom. The molecule has 2 unspecified atom stereocenters. The zero-order chi connectivity index (χ0) is 13.7. The van der Waals surface area contributed by atoms with E-state index in [4.69, 9.17) is 26.8 Å². The summed E-state index contributed by atoms with van der Waals surface area (Å²) in [5, 5.41) is 0.620. The van der Waals surface area contributed by atoms with Crippen LogP contribution in [0.15, 0.2) is 18.2 Å². The van der Waals surface area contributed by atoms with Gasteiger partial charge in [-0.25, -0.2) is 0 Å². The Kier molecular flexibility index (Phi) is 5.49. The molecule has 0 amide bonds. The second-order valence-corrected chi connectivity index (χ2v) is 5.47. The van der Waals surface area contributed by atoms with Crippen molar-refractivity contribution >= 4 is 11.6 Å². The second kappa shape index (κ2) is 7.13. The summed E-state index contributed by atoms with van der Waals surface area (Å²) < 4.78 is 10.9. The summed E-state index contributed by atoms with van der Waals surface area (Å²) in [6, 6.07) is 5.75. The van der Waals surface area contributed by atoms with Crippen molar-refractivity contribution in [3.63, 3.8) is 0 Å². The van der Waals surface area contributed by atoms with Crippen molar-refractivity contribution in [2.24, 2.45) is 5.73 Å². The number of hydrogen-bond acceptors (Lipinski definition) is 3. The van der Waals surface area contributed by atoms with E-state index >= 15 is 0 Å². The molecule has 4 heteroatoms. The molecule has 1 aliphatic heterocycles. The fourth-order valence-electron chi connectivity index (χ4n) is 2.47. The van der Waals surface area contributed by atoms with E-state index in [2.05, 4.69) is 0 Å². The van der Waals surface area contributed by atoms with Gasteiger partial charge in [0.1, 0.15) is 5.75 Å². The molecule has 0 aliphatic carbocycles. The molecule has 1 fully saturated rings. The van der Waals surface area contributed by atoms with E-state index in [1.807, 2.05) is 18.2 Å². The third kappa shape index (κ3) is 4.10. The van der Waals surface area contributed by atoms with Crippen LogP contribution in [0.4, 0.5) is 0 Å². The Balaban J connectivity index is 1.89. The van der Waals surface area contributed by atoms with Crippen LogP contribution in [0, 0.1) is 0 Å². The second-order valence-electron chi connectivity index (χ2n) is 5.07. The van der Waals surface area contributed by atoms with Crippen LogP contribution >= 0.6 is 11.6 Å². The van der Waals surface area contributed by atoms with Crippen LogP contribution in [0.2, 0.25) is 5.02 Å². The van der Waals surface area contributed by atoms with Gasteiger partial charge in [-0.1, -0.05) is 17.7 Å². The van der Waals surface area contributed by atoms with E-state index in [0.717, 1.165) is 31.4 Å². The standard InChI is InChI=1S/C15H22ClNO2/c1-18-15-10-11(5-7-13(15)16)14(17)8-6-12-4-2-3-9-19-12/h5,7,10,12,14H,2-4,6,8-9,17H2,1H3. The van der Waals surface area contributed by atoms with Crippen LogP contribution in [-0.4, -0.2) is 19.8 Å². The first-order chi connectivity index (χ1) is 9.20. The van der Waals surface area contributed by atoms with Gasteiger partial charge >= 0.3 is 0 Å². The summed E-state index contributed by atoms with van der Waals surface area (Å²) in [7, 11) is 1.62. The number of ether oxygens (including phenoxy) is 2. The molecule has 2 atom stereocenters. The highest BCUT2D eigenvalue weighted by Crippen LogP contribution is 2.29. The molecule has 2 N–H and O–H groups in total. The normalized spacial score (nSPS) is 21.1. The van der Waals surface area contributed by atoms with Crippen molar-refractivity contribution in [2.75, 3.05) is 13.7 Å². The summed E-state index contributed by atoms with van der Waals surface area (Å²) in [6.07, 6.45) is 5.96. The van der Waals surface area contributed by atoms with Gasteiger partial charge < -0.3 is 15.2 Å². The molecule has 0 aromatic heterocycles. The van der Waals surface area contributed by atoms with Crippen LogP contribution in [0.25, 0.3) is 0 Å². The van der Waals surface area contributed by atoms with Crippen molar-refractivity contribution in [1.29, 1.82) is 0 Å². The zero-order valence-corrected chi connectivity index (χ0v) is 12.2. The van der Waals surface area contributed by atoms with Crippen molar-refractivity contribution in [3.8, 4) is 5.75 Å². The Morgan fingerprint density at radius 3 is 3.00 bits per heavy atom. The topological polar surface area (TPSA) is 44.5 Å². The monoisotopic (exact) mass is 283 g/mol. The van der Waals surface area contributed by atoms with Gasteiger partial charge in [-0.05, 0) is 49.8 Å². The molecule has 0 spiro atoms. The summed E-state index contributed by atoms with van der Waals surface area (Å²) >= 11 is 6.01. The summed E-state index contributed by atoms with van der Waals surface area (Å²) in [5.74, 6) is 0.684. The minimum Gasteiger partial charge on any atom is -0.495 e. The molecule has 19 heavy (non-hydrogen) atoms. The quantitative estimate of drug-likeness (QED) is 0.896. The fraction of sp³-hybridized carbons (Fsp3) is 0.600. The number of halogens is 1. The lowest BCUT2D eigenvalue weighted by Gasteiger charge is -2.24. The third-order valence-electron chi connectivity index (χ3n) is 3.68. The molecule has 1 saturated heterocycles. The molecular weight excluding hydrogens is 262 g/mol. The van der Waals surface area contributed by atoms with Crippen molar-refractivity contribution in [2.45, 2.75) is 44.2 Å². The first-order valence-corrected chi connectivity index (χ1v) is 7.29. The maximum atomic E-state index is 6.23. The van der Waals surface area contributed by atoms with Gasteiger partial charge in [0, 0.05) is 12.6 Å². The summed E-state index contributed by atoms with van der Waals surface area (Å²) in [4.78, 5) is 0. The van der Waals surface area contributed by atoms with Gasteiger partial charge in [0.2, 0.25) is 0 Å². The predicted molar refractivity (Wildman–Crippen MR) is 77.8 cm³/mol. The van der Waals surface area contributed by atoms with Crippen LogP contribution in [-0.2, 0) is 4.74 Å². The molecule has 0 bridgehead atoms. The molecule has 106 valence electrons. The first kappa shape index (κ1) is 14.6. The largest absolute Gasteiger partial charge is 0.495 e. The van der Waals surface area contributed by atoms with Gasteiger partial charge in [0.25, 0.3) is 0 Å². The molecule has 1 aromatic rings. The molecular formula is C15H22ClNO2. The van der Waals surface area contributed by atoms with Gasteiger partial charge in [-0.3, -0.25) is 0 Å². The van der Waals surface area contributed by atoms with Crippen molar-refractivity contribution in [1.82, 2.24) is 0 Å². The lowest BCUT2D eigenvalue weighted by Crippen LogP contribution is -2.21. The Labute approximate surface area is 120 Å². The van der Waals surface area contributed by atoms with Crippen molar-refractivity contribution in [3.05, 3.63) is 28.8 Å². The van der Waals surface area contributed by atoms with Gasteiger partial charge in [0.05, 0.1) is 18.2 Å². The summed E-state index contributed by atoms with van der Waals surface area (Å²) in [5.41, 5.74) is 7.30. The predicted octanol–water partition coefficient (Wildman–Crippen LogP) is 3.70. The van der Waals surface area contributed by atoms with E-state index in [1.165, 1.54) is 12.8 Å². The molecule has 1 aliphatic rings. The van der Waals surface area contributed by atoms with E-state index < -0.39 is 0 Å². The van der Waals surface area contributed by atoms with E-state index in [0.29, 0.717) is 16.9 Å². The zero-order valence-electron chi connectivity index (χ0n) is 11.4. The Morgan fingerprint density at radius 1 is 1.47 bits per heavy atom. The minimum atomic E-state index is 0.0108. The first-order valence-electron chi connectivity index (χ1n) is 6.91. The SMILES string of the molecule is COc1cc(C(N)CCC2CCCCO2)ccc1Cl. The Bertz CT molecular complexity index is 405. The number of nitrogens with two attached hydrogens (primary N) is 1. The molecule has 1 aromatic carbocycles. The van der Waals surface area contributed by atoms with Crippen LogP contribution in [0.5, 0.6) is 5.75 Å². The highest BCUT2D eigenvalue weighted by Gasteiger charge is 2.16. The Hall–Kier alpha value is -0.770. The van der Waals surface area contributed by atoms with Gasteiger partial charge in [-0.15, -0.1) is 0 Å². The molecule has 2 rings (SSSR count). The fourth-order valence-corrected chi connectivity index (χ4v) is 2.67. The molecule has 0 saturated carbocycles. The van der Waals surface area contributed by atoms with Gasteiger partial charge in [0.15, 0.2) is 0 Å². The maximum Gasteiger partial charge on any atom is 0.137 e. The van der Waals surface area contributed by atoms with E-state index in [1.54, 1.807) is 7.11 Å². The highest BCUT2D eigenvalue weighted by molar-refractivity contribution is 6.32. The van der Waals surface area contributed by atoms with Crippen LogP contribution < -0.4 is 10.5 Å². The summed E-state index contributed by atoms with van der Waals surface area (Å²) in [6.45, 7) is 0.897. The minimum absolute atomic E-state index is 0.0108. The molecule has 0 radical (unpaired) electrons. The number of hydrogen-bond donors (Lipinski definition) is 1. The van der Waals surface area contributed by atoms with Gasteiger partial charge in [-0.2, -0.15) is 0 Å². The lowest BCUT2D eigenvalue weighted by atomic mass is 9.98. The average molecular weight is 284 g/mol. The highest BCUT2D eigenvalue weighted by atomic mass is 35.5. The smallest absolute Gasteiger partial charge is 0.137 e. The lowest BCUT2D eigenvalue weighted by molar-refractivity contribution is 0.00912. The number of benzene rings is 1. The molecule has 1 heterocycles. The van der Waals surface area contributed by atoms with E-state index in [9.17, 15) is 0 Å². The number of methoxy groups -OCH3 is 1. The van der Waals surface area contributed by atoms with E-state index in [-0.39, 0.29) is 6.04 Å². The average Bonchev–Trinajstić information content (AvgIpc) is 2.46. The van der Waals surface area contributed by atoms with Crippen molar-refractivity contribution < 1.29 is 9.47 Å². The van der Waals surface area contributed by atoms with Crippen LogP contribution in [0.1, 0.15) is 43.7 Å².